The number of anilines is 1. The lowest BCUT2D eigenvalue weighted by Crippen LogP contribution is -2.05. The summed E-state index contributed by atoms with van der Waals surface area (Å²) < 4.78 is 16.0. The largest absolute Gasteiger partial charge is 0.369 e. The highest BCUT2D eigenvalue weighted by atomic mass is 19.1. The quantitative estimate of drug-likeness (QED) is 0.572. The van der Waals surface area contributed by atoms with E-state index in [0.29, 0.717) is 5.69 Å². The molecule has 5 rings (SSSR count). The van der Waals surface area contributed by atoms with Crippen molar-refractivity contribution in [3.05, 3.63) is 78.1 Å². The van der Waals surface area contributed by atoms with Crippen LogP contribution in [0.25, 0.3) is 27.7 Å². The fraction of sp³-hybridized carbons (Fsp3) is 0.0952. The Morgan fingerprint density at radius 2 is 1.72 bits per heavy atom. The number of hydrogen-bond donors (Lipinski definition) is 1. The summed E-state index contributed by atoms with van der Waals surface area (Å²) in [4.78, 5) is 0. The van der Waals surface area contributed by atoms with Crippen molar-refractivity contribution < 1.29 is 4.39 Å². The average molecular weight is 329 g/mol. The molecule has 25 heavy (non-hydrogen) atoms. The summed E-state index contributed by atoms with van der Waals surface area (Å²) in [6.45, 7) is 0.849. The van der Waals surface area contributed by atoms with E-state index in [2.05, 4.69) is 35.6 Å². The van der Waals surface area contributed by atoms with Crippen molar-refractivity contribution in [3.8, 4) is 16.9 Å². The van der Waals surface area contributed by atoms with E-state index in [0.717, 1.165) is 35.6 Å². The molecule has 4 heteroatoms. The highest BCUT2D eigenvalue weighted by Gasteiger charge is 2.25. The molecule has 0 saturated carbocycles. The molecule has 0 saturated heterocycles. The third-order valence-corrected chi connectivity index (χ3v) is 4.75. The second kappa shape index (κ2) is 5.45. The van der Waals surface area contributed by atoms with Gasteiger partial charge < -0.3 is 5.32 Å². The Balaban J connectivity index is 1.72. The van der Waals surface area contributed by atoms with E-state index in [9.17, 15) is 4.39 Å². The van der Waals surface area contributed by atoms with E-state index < -0.39 is 0 Å². The molecule has 2 heterocycles. The van der Waals surface area contributed by atoms with Crippen molar-refractivity contribution in [2.45, 2.75) is 6.42 Å². The molecule has 1 aliphatic rings. The van der Waals surface area contributed by atoms with Crippen molar-refractivity contribution in [1.82, 2.24) is 9.78 Å². The number of para-hydroxylation sites is 1. The van der Waals surface area contributed by atoms with Crippen LogP contribution in [-0.4, -0.2) is 16.3 Å². The van der Waals surface area contributed by atoms with Crippen LogP contribution in [0.1, 0.15) is 5.56 Å². The van der Waals surface area contributed by atoms with Crippen molar-refractivity contribution in [2.75, 3.05) is 11.9 Å². The number of benzene rings is 3. The highest BCUT2D eigenvalue weighted by molar-refractivity contribution is 5.88. The van der Waals surface area contributed by atoms with Crippen LogP contribution in [0.4, 0.5) is 10.2 Å². The number of nitrogens with one attached hydrogen (secondary N) is 1. The fourth-order valence-corrected chi connectivity index (χ4v) is 3.54. The van der Waals surface area contributed by atoms with Gasteiger partial charge in [-0.3, -0.25) is 0 Å². The standard InChI is InChI=1S/C21H16FN3/c22-18-7-3-4-8-19(18)25-21-17(11-12-23-21)20(24-25)16-10-9-14-5-1-2-6-15(14)13-16/h1-10,13,23H,11-12H2. The Hall–Kier alpha value is -3.14. The molecule has 0 fully saturated rings. The summed E-state index contributed by atoms with van der Waals surface area (Å²) in [5.41, 5.74) is 3.61. The molecule has 0 radical (unpaired) electrons. The van der Waals surface area contributed by atoms with Crippen LogP contribution in [0, 0.1) is 5.82 Å². The molecular formula is C21H16FN3. The van der Waals surface area contributed by atoms with E-state index in [4.69, 9.17) is 5.10 Å². The Bertz CT molecular complexity index is 1100. The minimum atomic E-state index is -0.272. The van der Waals surface area contributed by atoms with Crippen LogP contribution in [0.2, 0.25) is 0 Å². The van der Waals surface area contributed by atoms with E-state index >= 15 is 0 Å². The van der Waals surface area contributed by atoms with Gasteiger partial charge in [0.1, 0.15) is 17.3 Å². The summed E-state index contributed by atoms with van der Waals surface area (Å²) in [7, 11) is 0. The molecule has 0 amide bonds. The fourth-order valence-electron chi connectivity index (χ4n) is 3.54. The van der Waals surface area contributed by atoms with Gasteiger partial charge in [0.05, 0.1) is 5.69 Å². The third-order valence-electron chi connectivity index (χ3n) is 4.75. The second-order valence-corrected chi connectivity index (χ2v) is 6.28. The first-order valence-electron chi connectivity index (χ1n) is 8.41. The monoisotopic (exact) mass is 329 g/mol. The lowest BCUT2D eigenvalue weighted by atomic mass is 10.0. The maximum atomic E-state index is 14.3. The van der Waals surface area contributed by atoms with Gasteiger partial charge in [-0.05, 0) is 35.4 Å². The van der Waals surface area contributed by atoms with Crippen LogP contribution in [0.5, 0.6) is 0 Å². The van der Waals surface area contributed by atoms with Gasteiger partial charge in [0.15, 0.2) is 0 Å². The maximum absolute atomic E-state index is 14.3. The van der Waals surface area contributed by atoms with Crippen LogP contribution < -0.4 is 5.32 Å². The van der Waals surface area contributed by atoms with Crippen molar-refractivity contribution in [1.29, 1.82) is 0 Å². The number of rotatable bonds is 2. The van der Waals surface area contributed by atoms with Gasteiger partial charge in [-0.2, -0.15) is 5.10 Å². The predicted molar refractivity (Wildman–Crippen MR) is 98.7 cm³/mol. The molecule has 1 N–H and O–H groups in total. The summed E-state index contributed by atoms with van der Waals surface area (Å²) in [5.74, 6) is 0.625. The molecule has 0 atom stereocenters. The molecule has 4 aromatic rings. The molecule has 0 aliphatic carbocycles. The van der Waals surface area contributed by atoms with Crippen LogP contribution in [0.3, 0.4) is 0 Å². The number of nitrogens with zero attached hydrogens (tertiary/aromatic N) is 2. The number of hydrogen-bond acceptors (Lipinski definition) is 2. The Labute approximate surface area is 144 Å². The van der Waals surface area contributed by atoms with Gasteiger partial charge in [0, 0.05) is 17.7 Å². The van der Waals surface area contributed by atoms with Crippen molar-refractivity contribution >= 4 is 16.6 Å². The zero-order valence-corrected chi connectivity index (χ0v) is 13.5. The molecule has 3 nitrogen and oxygen atoms in total. The van der Waals surface area contributed by atoms with E-state index in [1.54, 1.807) is 16.8 Å². The molecule has 3 aromatic carbocycles. The summed E-state index contributed by atoms with van der Waals surface area (Å²) in [5, 5.41) is 10.5. The first-order chi connectivity index (χ1) is 12.3. The molecule has 0 bridgehead atoms. The van der Waals surface area contributed by atoms with Gasteiger partial charge in [0.2, 0.25) is 0 Å². The second-order valence-electron chi connectivity index (χ2n) is 6.28. The molecular weight excluding hydrogens is 313 g/mol. The lowest BCUT2D eigenvalue weighted by molar-refractivity contribution is 0.612. The highest BCUT2D eigenvalue weighted by Crippen LogP contribution is 2.36. The normalized spacial score (nSPS) is 13.0. The Morgan fingerprint density at radius 3 is 2.60 bits per heavy atom. The minimum Gasteiger partial charge on any atom is -0.369 e. The van der Waals surface area contributed by atoms with Gasteiger partial charge in [0.25, 0.3) is 0 Å². The molecule has 122 valence electrons. The lowest BCUT2D eigenvalue weighted by Gasteiger charge is -2.07. The minimum absolute atomic E-state index is 0.272. The summed E-state index contributed by atoms with van der Waals surface area (Å²) >= 11 is 0. The summed E-state index contributed by atoms with van der Waals surface area (Å²) in [6, 6.07) is 21.4. The maximum Gasteiger partial charge on any atom is 0.148 e. The number of aromatic nitrogens is 2. The van der Waals surface area contributed by atoms with Gasteiger partial charge in [-0.1, -0.05) is 48.5 Å². The average Bonchev–Trinajstić information content (AvgIpc) is 3.25. The van der Waals surface area contributed by atoms with Crippen LogP contribution in [-0.2, 0) is 6.42 Å². The van der Waals surface area contributed by atoms with Crippen LogP contribution >= 0.6 is 0 Å². The zero-order chi connectivity index (χ0) is 16.8. The first kappa shape index (κ1) is 14.2. The molecule has 0 unspecified atom stereocenters. The zero-order valence-electron chi connectivity index (χ0n) is 13.5. The van der Waals surface area contributed by atoms with E-state index in [1.807, 2.05) is 18.2 Å². The first-order valence-corrected chi connectivity index (χ1v) is 8.41. The molecule has 0 spiro atoms. The van der Waals surface area contributed by atoms with E-state index in [-0.39, 0.29) is 5.82 Å². The number of fused-ring (bicyclic) bond motifs is 2. The SMILES string of the molecule is Fc1ccccc1-n1nc(-c2ccc3ccccc3c2)c2c1NCC2. The van der Waals surface area contributed by atoms with Crippen molar-refractivity contribution in [3.63, 3.8) is 0 Å². The number of halogens is 1. The Kier molecular flexibility index (Phi) is 3.10. The summed E-state index contributed by atoms with van der Waals surface area (Å²) in [6.07, 6.45) is 0.895. The third kappa shape index (κ3) is 2.22. The van der Waals surface area contributed by atoms with Gasteiger partial charge >= 0.3 is 0 Å². The van der Waals surface area contributed by atoms with Crippen molar-refractivity contribution in [2.24, 2.45) is 0 Å². The van der Waals surface area contributed by atoms with E-state index in [1.165, 1.54) is 16.8 Å². The molecule has 1 aliphatic heterocycles. The predicted octanol–water partition coefficient (Wildman–Crippen LogP) is 4.80. The molecule has 1 aromatic heterocycles. The van der Waals surface area contributed by atoms with Crippen LogP contribution in [0.15, 0.2) is 66.7 Å². The smallest absolute Gasteiger partial charge is 0.148 e. The topological polar surface area (TPSA) is 29.9 Å². The van der Waals surface area contributed by atoms with Gasteiger partial charge in [-0.25, -0.2) is 9.07 Å². The Morgan fingerprint density at radius 1 is 0.920 bits per heavy atom. The van der Waals surface area contributed by atoms with Gasteiger partial charge in [-0.15, -0.1) is 0 Å².